The Morgan fingerprint density at radius 3 is 2.61 bits per heavy atom. The fraction of sp³-hybridized carbons (Fsp3) is 0.0909. The number of rotatable bonds is 3. The first kappa shape index (κ1) is 13.5. The molecule has 0 amide bonds. The Bertz CT molecular complexity index is 662. The quantitative estimate of drug-likeness (QED) is 0.916. The van der Waals surface area contributed by atoms with Crippen LogP contribution in [-0.2, 0) is 10.0 Å². The lowest BCUT2D eigenvalue weighted by molar-refractivity contribution is 0.602. The molecule has 0 aliphatic carbocycles. The summed E-state index contributed by atoms with van der Waals surface area (Å²) < 4.78 is 40.3. The number of halogens is 2. The van der Waals surface area contributed by atoms with E-state index in [-0.39, 0.29) is 9.90 Å². The van der Waals surface area contributed by atoms with Gasteiger partial charge in [0.05, 0.1) is 5.69 Å². The molecule has 0 saturated carbocycles. The first-order valence-corrected chi connectivity index (χ1v) is 8.07. The fourth-order valence-electron chi connectivity index (χ4n) is 1.47. The monoisotopic (exact) mass is 349 g/mol. The van der Waals surface area contributed by atoms with Crippen molar-refractivity contribution in [1.82, 2.24) is 0 Å². The zero-order chi connectivity index (χ0) is 13.3. The van der Waals surface area contributed by atoms with Crippen molar-refractivity contribution in [3.05, 3.63) is 45.5 Å². The Kier molecular flexibility index (Phi) is 3.74. The normalized spacial score (nSPS) is 11.5. The van der Waals surface area contributed by atoms with Crippen molar-refractivity contribution < 1.29 is 12.8 Å². The maximum atomic E-state index is 13.2. The Morgan fingerprint density at radius 2 is 2.06 bits per heavy atom. The van der Waals surface area contributed by atoms with Crippen LogP contribution in [0.25, 0.3) is 0 Å². The summed E-state index contributed by atoms with van der Waals surface area (Å²) in [5.74, 6) is -0.474. The lowest BCUT2D eigenvalue weighted by atomic mass is 10.2. The highest BCUT2D eigenvalue weighted by Gasteiger charge is 2.19. The van der Waals surface area contributed by atoms with E-state index in [2.05, 4.69) is 20.7 Å². The average molecular weight is 350 g/mol. The summed E-state index contributed by atoms with van der Waals surface area (Å²) in [7, 11) is -3.68. The number of thiophene rings is 1. The highest BCUT2D eigenvalue weighted by Crippen LogP contribution is 2.29. The zero-order valence-corrected chi connectivity index (χ0v) is 12.5. The van der Waals surface area contributed by atoms with Gasteiger partial charge in [-0.15, -0.1) is 11.3 Å². The van der Waals surface area contributed by atoms with Crippen molar-refractivity contribution >= 4 is 43.0 Å². The highest BCUT2D eigenvalue weighted by molar-refractivity contribution is 9.10. The molecule has 18 heavy (non-hydrogen) atoms. The summed E-state index contributed by atoms with van der Waals surface area (Å²) in [5.41, 5.74) is 0.866. The van der Waals surface area contributed by atoms with Crippen molar-refractivity contribution in [1.29, 1.82) is 0 Å². The summed E-state index contributed by atoms with van der Waals surface area (Å²) in [6.07, 6.45) is 0. The average Bonchev–Trinajstić information content (AvgIpc) is 2.62. The van der Waals surface area contributed by atoms with Gasteiger partial charge in [-0.3, -0.25) is 4.72 Å². The standard InChI is InChI=1S/C11H9BrFNO2S2/c1-7-4-8(13)6-9(5-7)14-18(15,16)11-10(12)2-3-17-11/h2-6,14H,1H3. The van der Waals surface area contributed by atoms with E-state index in [4.69, 9.17) is 0 Å². The Labute approximate surface area is 117 Å². The zero-order valence-electron chi connectivity index (χ0n) is 9.28. The second-order valence-corrected chi connectivity index (χ2v) is 7.33. The minimum atomic E-state index is -3.68. The lowest BCUT2D eigenvalue weighted by Crippen LogP contribution is -2.12. The van der Waals surface area contributed by atoms with E-state index in [1.807, 2.05) is 0 Å². The molecule has 1 aromatic heterocycles. The van der Waals surface area contributed by atoms with Crippen LogP contribution in [0.3, 0.4) is 0 Å². The van der Waals surface area contributed by atoms with E-state index in [1.165, 1.54) is 6.07 Å². The predicted molar refractivity (Wildman–Crippen MR) is 74.0 cm³/mol. The Morgan fingerprint density at radius 1 is 1.33 bits per heavy atom. The van der Waals surface area contributed by atoms with E-state index < -0.39 is 15.8 Å². The molecule has 1 N–H and O–H groups in total. The molecule has 96 valence electrons. The largest absolute Gasteiger partial charge is 0.279 e. The van der Waals surface area contributed by atoms with Crippen LogP contribution in [0.4, 0.5) is 10.1 Å². The van der Waals surface area contributed by atoms with E-state index in [9.17, 15) is 12.8 Å². The van der Waals surface area contributed by atoms with E-state index in [0.717, 1.165) is 17.4 Å². The molecular weight excluding hydrogens is 341 g/mol. The van der Waals surface area contributed by atoms with Crippen LogP contribution in [0.2, 0.25) is 0 Å². The van der Waals surface area contributed by atoms with E-state index in [1.54, 1.807) is 24.4 Å². The second kappa shape index (κ2) is 4.99. The molecule has 0 aliphatic heterocycles. The number of anilines is 1. The summed E-state index contributed by atoms with van der Waals surface area (Å²) >= 11 is 4.25. The van der Waals surface area contributed by atoms with Gasteiger partial charge in [-0.25, -0.2) is 12.8 Å². The van der Waals surface area contributed by atoms with Gasteiger partial charge in [-0.2, -0.15) is 0 Å². The number of aryl methyl sites for hydroxylation is 1. The predicted octanol–water partition coefficient (Wildman–Crippen LogP) is 3.76. The van der Waals surface area contributed by atoms with Gasteiger partial charge in [0.25, 0.3) is 10.0 Å². The van der Waals surface area contributed by atoms with Crippen LogP contribution in [0.5, 0.6) is 0 Å². The molecule has 0 unspecified atom stereocenters. The third-order valence-corrected chi connectivity index (χ3v) is 6.17. The number of nitrogens with one attached hydrogen (secondary N) is 1. The molecule has 0 radical (unpaired) electrons. The molecule has 1 heterocycles. The summed E-state index contributed by atoms with van der Waals surface area (Å²) in [4.78, 5) is 0. The van der Waals surface area contributed by atoms with Crippen molar-refractivity contribution in [3.63, 3.8) is 0 Å². The van der Waals surface area contributed by atoms with E-state index in [0.29, 0.717) is 10.0 Å². The topological polar surface area (TPSA) is 46.2 Å². The molecule has 3 nitrogen and oxygen atoms in total. The van der Waals surface area contributed by atoms with Gasteiger partial charge < -0.3 is 0 Å². The third kappa shape index (κ3) is 2.90. The molecule has 0 saturated heterocycles. The number of benzene rings is 1. The van der Waals surface area contributed by atoms with Crippen molar-refractivity contribution in [2.45, 2.75) is 11.1 Å². The fourth-order valence-corrected chi connectivity index (χ4v) is 4.85. The molecule has 7 heteroatoms. The summed E-state index contributed by atoms with van der Waals surface area (Å²) in [6.45, 7) is 1.70. The number of sulfonamides is 1. The highest BCUT2D eigenvalue weighted by atomic mass is 79.9. The third-order valence-electron chi connectivity index (χ3n) is 2.12. The van der Waals surface area contributed by atoms with E-state index >= 15 is 0 Å². The van der Waals surface area contributed by atoms with Crippen molar-refractivity contribution in [2.75, 3.05) is 4.72 Å². The maximum absolute atomic E-state index is 13.2. The molecule has 0 fully saturated rings. The molecule has 0 bridgehead atoms. The SMILES string of the molecule is Cc1cc(F)cc(NS(=O)(=O)c2sccc2Br)c1. The van der Waals surface area contributed by atoms with Crippen LogP contribution >= 0.6 is 27.3 Å². The van der Waals surface area contributed by atoms with Gasteiger partial charge in [0, 0.05) is 4.47 Å². The maximum Gasteiger partial charge on any atom is 0.272 e. The first-order chi connectivity index (χ1) is 8.38. The van der Waals surface area contributed by atoms with Crippen LogP contribution in [0.1, 0.15) is 5.56 Å². The van der Waals surface area contributed by atoms with Crippen LogP contribution in [-0.4, -0.2) is 8.42 Å². The van der Waals surface area contributed by atoms with Gasteiger partial charge in [0.1, 0.15) is 5.82 Å². The molecule has 0 spiro atoms. The smallest absolute Gasteiger partial charge is 0.272 e. The van der Waals surface area contributed by atoms with Gasteiger partial charge >= 0.3 is 0 Å². The first-order valence-electron chi connectivity index (χ1n) is 4.91. The molecular formula is C11H9BrFNO2S2. The van der Waals surface area contributed by atoms with Crippen LogP contribution in [0.15, 0.2) is 38.3 Å². The van der Waals surface area contributed by atoms with Gasteiger partial charge in [0.2, 0.25) is 0 Å². The van der Waals surface area contributed by atoms with Gasteiger partial charge in [-0.1, -0.05) is 0 Å². The number of hydrogen-bond acceptors (Lipinski definition) is 3. The molecule has 1 aromatic carbocycles. The summed E-state index contributed by atoms with van der Waals surface area (Å²) in [6, 6.07) is 5.70. The Hall–Kier alpha value is -0.920. The molecule has 2 rings (SSSR count). The molecule has 2 aromatic rings. The second-order valence-electron chi connectivity index (χ2n) is 3.68. The van der Waals surface area contributed by atoms with Crippen molar-refractivity contribution in [2.24, 2.45) is 0 Å². The van der Waals surface area contributed by atoms with Crippen molar-refractivity contribution in [3.8, 4) is 0 Å². The van der Waals surface area contributed by atoms with Gasteiger partial charge in [-0.05, 0) is 58.1 Å². The minimum Gasteiger partial charge on any atom is -0.279 e. The molecule has 0 atom stereocenters. The van der Waals surface area contributed by atoms with Crippen LogP contribution < -0.4 is 4.72 Å². The summed E-state index contributed by atoms with van der Waals surface area (Å²) in [5, 5.41) is 1.66. The lowest BCUT2D eigenvalue weighted by Gasteiger charge is -2.07. The van der Waals surface area contributed by atoms with Crippen LogP contribution in [0, 0.1) is 12.7 Å². The minimum absolute atomic E-state index is 0.171. The van der Waals surface area contributed by atoms with Gasteiger partial charge in [0.15, 0.2) is 4.21 Å². The molecule has 0 aliphatic rings. The number of hydrogen-bond donors (Lipinski definition) is 1. The Balaban J connectivity index is 2.37.